The van der Waals surface area contributed by atoms with Gasteiger partial charge in [-0.3, -0.25) is 10.1 Å². The quantitative estimate of drug-likeness (QED) is 0.480. The highest BCUT2D eigenvalue weighted by molar-refractivity contribution is 5.45. The van der Waals surface area contributed by atoms with Crippen molar-refractivity contribution in [3.63, 3.8) is 0 Å². The van der Waals surface area contributed by atoms with Crippen LogP contribution >= 0.6 is 0 Å². The molecule has 0 fully saturated rings. The first-order chi connectivity index (χ1) is 5.18. The minimum atomic E-state index is -0.704. The van der Waals surface area contributed by atoms with Crippen LogP contribution in [0.4, 0.5) is 5.69 Å². The summed E-state index contributed by atoms with van der Waals surface area (Å²) >= 11 is 0. The number of aryl methyl sites for hydroxylation is 1. The summed E-state index contributed by atoms with van der Waals surface area (Å²) in [4.78, 5) is 9.89. The van der Waals surface area contributed by atoms with Crippen LogP contribution in [0.1, 0.15) is 5.56 Å². The van der Waals surface area contributed by atoms with E-state index in [0.717, 1.165) is 5.56 Å². The third kappa shape index (κ3) is 2.25. The van der Waals surface area contributed by atoms with Crippen LogP contribution in [0, 0.1) is 17.0 Å². The van der Waals surface area contributed by atoms with Crippen molar-refractivity contribution in [3.05, 3.63) is 45.4 Å². The Morgan fingerprint density at radius 2 is 1.91 bits per heavy atom. The maximum Gasteiger partial charge on any atom is -0.00889 e. The average molecular weight is 151 g/mol. The van der Waals surface area contributed by atoms with Crippen LogP contribution < -0.4 is 0 Å². The van der Waals surface area contributed by atoms with Gasteiger partial charge in [0.25, 0.3) is 0 Å². The highest BCUT2D eigenvalue weighted by atomic mass is 16.7. The van der Waals surface area contributed by atoms with E-state index in [0.29, 0.717) is 5.69 Å². The first-order valence-electron chi connectivity index (χ1n) is 3.11. The molecule has 1 rings (SSSR count). The lowest BCUT2D eigenvalue weighted by molar-refractivity contribution is -0.418. The van der Waals surface area contributed by atoms with E-state index in [1.165, 1.54) is 0 Å². The molecule has 0 bridgehead atoms. The Kier molecular flexibility index (Phi) is 2.06. The van der Waals surface area contributed by atoms with Gasteiger partial charge in [0.1, 0.15) is 0 Å². The fraction of sp³-hybridized carbons (Fsp3) is 0.143. The number of hydrogen-bond donors (Lipinski definition) is 0. The summed E-state index contributed by atoms with van der Waals surface area (Å²) in [6.45, 7) is 1.91. The number of hydrogen-bond acceptors (Lipinski definition) is 2. The molecule has 11 heavy (non-hydrogen) atoms. The molecule has 0 heterocycles. The first-order valence-corrected chi connectivity index (χ1v) is 3.11. The predicted molar refractivity (Wildman–Crippen MR) is 41.2 cm³/mol. The van der Waals surface area contributed by atoms with Crippen molar-refractivity contribution in [1.82, 2.24) is 0 Å². The third-order valence-electron chi connectivity index (χ3n) is 1.23. The molecule has 0 aliphatic carbocycles. The van der Waals surface area contributed by atoms with Gasteiger partial charge in [0, 0.05) is 0 Å². The Balaban J connectivity index is 2.74. The molecular weight excluding hydrogens is 144 g/mol. The van der Waals surface area contributed by atoms with Crippen LogP contribution in [0.15, 0.2) is 24.3 Å². The van der Waals surface area contributed by atoms with Crippen LogP contribution in [0.3, 0.4) is 0 Å². The monoisotopic (exact) mass is 151 g/mol. The number of rotatable bonds is 2. The fourth-order valence-corrected chi connectivity index (χ4v) is 0.706. The van der Waals surface area contributed by atoms with Gasteiger partial charge in [-0.25, -0.2) is 0 Å². The third-order valence-corrected chi connectivity index (χ3v) is 1.23. The molecule has 4 heteroatoms. The molecule has 1 aromatic rings. The molecule has 58 valence electrons. The lowest BCUT2D eigenvalue weighted by atomic mass is 10.2. The summed E-state index contributed by atoms with van der Waals surface area (Å²) in [5.74, 6) is 0. The average Bonchev–Trinajstić information content (AvgIpc) is 1.93. The maximum absolute atomic E-state index is 9.89. The first kappa shape index (κ1) is 7.53. The standard InChI is InChI=1S/C7H7N2O2/c1-6-2-4-7(5-3-6)8-9(10)11/h2-5H,1H3/q-1. The SMILES string of the molecule is Cc1ccc([N-][N+](=O)[O-])cc1. The molecule has 0 amide bonds. The van der Waals surface area contributed by atoms with E-state index in [4.69, 9.17) is 0 Å². The van der Waals surface area contributed by atoms with Crippen molar-refractivity contribution in [3.8, 4) is 0 Å². The summed E-state index contributed by atoms with van der Waals surface area (Å²) in [7, 11) is 0. The predicted octanol–water partition coefficient (Wildman–Crippen LogP) is 2.19. The van der Waals surface area contributed by atoms with Crippen molar-refractivity contribution < 1.29 is 5.03 Å². The van der Waals surface area contributed by atoms with E-state index >= 15 is 0 Å². The molecule has 0 saturated heterocycles. The van der Waals surface area contributed by atoms with E-state index in [1.54, 1.807) is 24.3 Å². The Bertz CT molecular complexity index is 256. The Labute approximate surface area is 64.0 Å². The Hall–Kier alpha value is -1.58. The molecule has 0 N–H and O–H groups in total. The molecule has 0 aliphatic rings. The van der Waals surface area contributed by atoms with Gasteiger partial charge >= 0.3 is 0 Å². The summed E-state index contributed by atoms with van der Waals surface area (Å²) in [6.07, 6.45) is 0. The molecule has 0 aromatic heterocycles. The van der Waals surface area contributed by atoms with Gasteiger partial charge in [-0.15, -0.1) is 0 Å². The summed E-state index contributed by atoms with van der Waals surface area (Å²) in [5.41, 5.74) is 4.56. The van der Waals surface area contributed by atoms with Gasteiger partial charge in [-0.2, -0.15) is 0 Å². The summed E-state index contributed by atoms with van der Waals surface area (Å²) in [6, 6.07) is 6.78. The van der Waals surface area contributed by atoms with Crippen molar-refractivity contribution in [1.29, 1.82) is 0 Å². The van der Waals surface area contributed by atoms with Gasteiger partial charge in [0.2, 0.25) is 0 Å². The van der Waals surface area contributed by atoms with Crippen molar-refractivity contribution in [2.24, 2.45) is 0 Å². The molecule has 0 aliphatic heterocycles. The lowest BCUT2D eigenvalue weighted by Gasteiger charge is -2.08. The zero-order valence-electron chi connectivity index (χ0n) is 6.02. The highest BCUT2D eigenvalue weighted by Crippen LogP contribution is 2.17. The summed E-state index contributed by atoms with van der Waals surface area (Å²) in [5, 5.41) is 9.19. The van der Waals surface area contributed by atoms with Crippen LogP contribution in [0.2, 0.25) is 0 Å². The number of benzene rings is 1. The second kappa shape index (κ2) is 3.01. The normalized spacial score (nSPS) is 9.18. The van der Waals surface area contributed by atoms with Crippen LogP contribution in [-0.4, -0.2) is 5.03 Å². The molecule has 0 unspecified atom stereocenters. The molecule has 4 nitrogen and oxygen atoms in total. The topological polar surface area (TPSA) is 57.2 Å². The van der Waals surface area contributed by atoms with E-state index in [1.807, 2.05) is 6.92 Å². The van der Waals surface area contributed by atoms with Gasteiger partial charge < -0.3 is 5.43 Å². The second-order valence-electron chi connectivity index (χ2n) is 2.17. The van der Waals surface area contributed by atoms with Gasteiger partial charge in [-0.1, -0.05) is 35.5 Å². The second-order valence-corrected chi connectivity index (χ2v) is 2.17. The number of nitrogens with zero attached hydrogens (tertiary/aromatic N) is 2. The molecule has 0 spiro atoms. The van der Waals surface area contributed by atoms with Gasteiger partial charge in [-0.05, 0) is 12.0 Å². The van der Waals surface area contributed by atoms with Crippen molar-refractivity contribution >= 4 is 5.69 Å². The highest BCUT2D eigenvalue weighted by Gasteiger charge is 1.84. The molecular formula is C7H7N2O2-. The van der Waals surface area contributed by atoms with Gasteiger partial charge in [0.15, 0.2) is 0 Å². The van der Waals surface area contributed by atoms with Gasteiger partial charge in [0.05, 0.1) is 0 Å². The van der Waals surface area contributed by atoms with Crippen LogP contribution in [0.5, 0.6) is 0 Å². The minimum Gasteiger partial charge on any atom is -0.349 e. The minimum absolute atomic E-state index is 0.376. The maximum atomic E-state index is 9.89. The molecule has 1 aromatic carbocycles. The van der Waals surface area contributed by atoms with Crippen molar-refractivity contribution in [2.75, 3.05) is 0 Å². The fourth-order valence-electron chi connectivity index (χ4n) is 0.706. The smallest absolute Gasteiger partial charge is 0.00889 e. The largest absolute Gasteiger partial charge is 0.349 e. The van der Waals surface area contributed by atoms with E-state index in [-0.39, 0.29) is 0 Å². The van der Waals surface area contributed by atoms with Crippen LogP contribution in [0.25, 0.3) is 5.43 Å². The number of nitro groups is 1. The zero-order valence-corrected chi connectivity index (χ0v) is 6.02. The molecule has 0 saturated carbocycles. The Morgan fingerprint density at radius 1 is 1.36 bits per heavy atom. The van der Waals surface area contributed by atoms with E-state index in [2.05, 4.69) is 5.43 Å². The van der Waals surface area contributed by atoms with Crippen LogP contribution in [-0.2, 0) is 0 Å². The van der Waals surface area contributed by atoms with E-state index in [9.17, 15) is 10.1 Å². The van der Waals surface area contributed by atoms with Crippen molar-refractivity contribution in [2.45, 2.75) is 6.92 Å². The molecule has 0 atom stereocenters. The zero-order chi connectivity index (χ0) is 8.27. The summed E-state index contributed by atoms with van der Waals surface area (Å²) < 4.78 is 0. The lowest BCUT2D eigenvalue weighted by Crippen LogP contribution is -1.85. The molecule has 0 radical (unpaired) electrons. The van der Waals surface area contributed by atoms with E-state index < -0.39 is 5.03 Å². The Morgan fingerprint density at radius 3 is 2.36 bits per heavy atom.